The third-order valence-electron chi connectivity index (χ3n) is 6.69. The van der Waals surface area contributed by atoms with Crippen LogP contribution in [0.15, 0.2) is 35.4 Å². The van der Waals surface area contributed by atoms with Gasteiger partial charge in [0.25, 0.3) is 10.0 Å². The number of fused-ring (bicyclic) bond motifs is 2. The van der Waals surface area contributed by atoms with Gasteiger partial charge in [0.1, 0.15) is 0 Å². The molecule has 2 bridgehead atoms. The van der Waals surface area contributed by atoms with Gasteiger partial charge in [-0.15, -0.1) is 0 Å². The van der Waals surface area contributed by atoms with Crippen LogP contribution in [0.5, 0.6) is 0 Å². The van der Waals surface area contributed by atoms with E-state index in [1.807, 2.05) is 6.07 Å². The van der Waals surface area contributed by atoms with Crippen molar-refractivity contribution in [1.29, 1.82) is 5.26 Å². The summed E-state index contributed by atoms with van der Waals surface area (Å²) < 4.78 is 106. The summed E-state index contributed by atoms with van der Waals surface area (Å²) in [6.45, 7) is 0. The van der Waals surface area contributed by atoms with Gasteiger partial charge < -0.3 is 10.6 Å². The highest BCUT2D eigenvalue weighted by atomic mass is 32.2. The smallest absolute Gasteiger partial charge is 0.369 e. The standard InChI is InChI=1S/C21H15F6N7O4S/c22-20(23,24)14-31-16(29)33-7-13(30-17(33)32-14)11-2-1-3-12(6-11)39(36,37)34(38-15(35)21(25,26)27)19-5-4-18(8-19,9-19)10-28/h1-3,6-7H,4-5,8-9H2,(H2,29,30,31,32). The first kappa shape index (κ1) is 26.6. The van der Waals surface area contributed by atoms with E-state index < -0.39 is 61.7 Å². The van der Waals surface area contributed by atoms with Crippen molar-refractivity contribution < 1.29 is 44.4 Å². The molecule has 0 unspecified atom stereocenters. The molecule has 0 saturated heterocycles. The van der Waals surface area contributed by atoms with E-state index in [1.54, 1.807) is 0 Å². The maximum absolute atomic E-state index is 13.6. The minimum atomic E-state index is -5.51. The highest BCUT2D eigenvalue weighted by Gasteiger charge is 2.68. The van der Waals surface area contributed by atoms with Crippen molar-refractivity contribution in [2.24, 2.45) is 5.41 Å². The van der Waals surface area contributed by atoms with E-state index in [2.05, 4.69) is 19.8 Å². The molecule has 3 aliphatic carbocycles. The first-order chi connectivity index (χ1) is 18.0. The van der Waals surface area contributed by atoms with Gasteiger partial charge in [0.05, 0.1) is 27.6 Å². The maximum Gasteiger partial charge on any atom is 0.492 e. The molecule has 2 N–H and O–H groups in total. The number of nitrogen functional groups attached to an aromatic ring is 1. The second-order valence-electron chi connectivity index (χ2n) is 9.31. The van der Waals surface area contributed by atoms with Crippen LogP contribution in [0.25, 0.3) is 17.0 Å². The molecule has 0 atom stereocenters. The zero-order chi connectivity index (χ0) is 28.6. The second-order valence-corrected chi connectivity index (χ2v) is 11.1. The Morgan fingerprint density at radius 3 is 2.41 bits per heavy atom. The van der Waals surface area contributed by atoms with E-state index in [4.69, 9.17) is 5.73 Å². The number of anilines is 1. The lowest BCUT2D eigenvalue weighted by Gasteiger charge is -2.47. The largest absolute Gasteiger partial charge is 0.492 e. The summed E-state index contributed by atoms with van der Waals surface area (Å²) in [5, 5.41) is 9.40. The third kappa shape index (κ3) is 4.30. The number of aromatic nitrogens is 4. The number of hydrogen-bond acceptors (Lipinski definition) is 9. The molecule has 11 nitrogen and oxygen atoms in total. The normalized spacial score (nSPS) is 23.0. The SMILES string of the molecule is N#CC12CCC(N(OC(=O)C(F)(F)F)S(=O)(=O)c3cccc(-c4cn5c(N)nc(C(F)(F)F)nc5n4)c3)(C1)C2. The lowest BCUT2D eigenvalue weighted by Crippen LogP contribution is -2.58. The van der Waals surface area contributed by atoms with Gasteiger partial charge in [-0.25, -0.2) is 18.2 Å². The maximum atomic E-state index is 13.6. The molecule has 3 aliphatic rings. The molecule has 2 aromatic heterocycles. The van der Waals surface area contributed by atoms with Crippen molar-refractivity contribution in [3.8, 4) is 17.3 Å². The lowest BCUT2D eigenvalue weighted by atomic mass is 9.66. The first-order valence-electron chi connectivity index (χ1n) is 11.0. The van der Waals surface area contributed by atoms with E-state index in [-0.39, 0.29) is 41.4 Å². The minimum Gasteiger partial charge on any atom is -0.369 e. The topological polar surface area (TPSA) is 157 Å². The molecular weight excluding hydrogens is 560 g/mol. The van der Waals surface area contributed by atoms with Gasteiger partial charge in [0.15, 0.2) is 0 Å². The van der Waals surface area contributed by atoms with Gasteiger partial charge in [-0.1, -0.05) is 12.1 Å². The zero-order valence-corrected chi connectivity index (χ0v) is 20.1. The molecule has 39 heavy (non-hydrogen) atoms. The first-order valence-corrected chi connectivity index (χ1v) is 12.4. The molecule has 3 aromatic rings. The van der Waals surface area contributed by atoms with Crippen LogP contribution in [-0.4, -0.2) is 49.9 Å². The van der Waals surface area contributed by atoms with Crippen LogP contribution in [0.4, 0.5) is 32.3 Å². The van der Waals surface area contributed by atoms with E-state index in [0.29, 0.717) is 0 Å². The highest BCUT2D eigenvalue weighted by molar-refractivity contribution is 7.89. The number of carbonyl (C=O) groups excluding carboxylic acids is 1. The second kappa shape index (κ2) is 8.26. The molecule has 206 valence electrons. The van der Waals surface area contributed by atoms with Gasteiger partial charge >= 0.3 is 18.3 Å². The minimum absolute atomic E-state index is 0.0144. The number of alkyl halides is 6. The quantitative estimate of drug-likeness (QED) is 0.356. The molecule has 18 heteroatoms. The fraction of sp³-hybridized carbons (Fsp3) is 0.381. The number of hydroxylamine groups is 1. The predicted octanol–water partition coefficient (Wildman–Crippen LogP) is 3.24. The Hall–Kier alpha value is -3.98. The van der Waals surface area contributed by atoms with Crippen LogP contribution in [0.3, 0.4) is 0 Å². The van der Waals surface area contributed by atoms with E-state index >= 15 is 0 Å². The monoisotopic (exact) mass is 575 g/mol. The van der Waals surface area contributed by atoms with Gasteiger partial charge in [-0.3, -0.25) is 4.40 Å². The summed E-state index contributed by atoms with van der Waals surface area (Å²) in [5.74, 6) is -5.40. The van der Waals surface area contributed by atoms with Crippen LogP contribution in [0.1, 0.15) is 31.5 Å². The van der Waals surface area contributed by atoms with Crippen LogP contribution < -0.4 is 5.73 Å². The Morgan fingerprint density at radius 2 is 1.82 bits per heavy atom. The van der Waals surface area contributed by atoms with Gasteiger partial charge in [-0.05, 0) is 42.3 Å². The number of nitrogens with zero attached hydrogens (tertiary/aromatic N) is 6. The Morgan fingerprint density at radius 1 is 1.13 bits per heavy atom. The highest BCUT2D eigenvalue weighted by Crippen LogP contribution is 2.64. The van der Waals surface area contributed by atoms with Gasteiger partial charge in [0, 0.05) is 11.8 Å². The number of nitrogens with two attached hydrogens (primary N) is 1. The molecule has 3 saturated carbocycles. The average molecular weight is 575 g/mol. The number of carbonyl (C=O) groups is 1. The van der Waals surface area contributed by atoms with Crippen molar-refractivity contribution >= 4 is 27.7 Å². The molecule has 1 aromatic carbocycles. The molecule has 2 heterocycles. The predicted molar refractivity (Wildman–Crippen MR) is 116 cm³/mol. The van der Waals surface area contributed by atoms with Crippen molar-refractivity contribution in [3.05, 3.63) is 36.3 Å². The Labute approximate surface area is 214 Å². The summed E-state index contributed by atoms with van der Waals surface area (Å²) in [6.07, 6.45) is -9.37. The van der Waals surface area contributed by atoms with Crippen LogP contribution in [-0.2, 0) is 25.8 Å². The number of benzene rings is 1. The summed E-state index contributed by atoms with van der Waals surface area (Å²) in [6, 6.07) is 6.59. The fourth-order valence-corrected chi connectivity index (χ4v) is 6.61. The molecule has 0 amide bonds. The molecule has 0 radical (unpaired) electrons. The van der Waals surface area contributed by atoms with Crippen LogP contribution in [0.2, 0.25) is 0 Å². The number of sulfonamides is 1. The van der Waals surface area contributed by atoms with Crippen molar-refractivity contribution in [3.63, 3.8) is 0 Å². The summed E-state index contributed by atoms with van der Waals surface area (Å²) >= 11 is 0. The number of rotatable bonds is 5. The molecule has 6 rings (SSSR count). The Balaban J connectivity index is 1.55. The Kier molecular flexibility index (Phi) is 5.64. The number of hydrogen-bond donors (Lipinski definition) is 1. The molecule has 0 aliphatic heterocycles. The van der Waals surface area contributed by atoms with Crippen LogP contribution in [0, 0.1) is 16.7 Å². The van der Waals surface area contributed by atoms with E-state index in [1.165, 1.54) is 12.1 Å². The fourth-order valence-electron chi connectivity index (χ4n) is 4.99. The summed E-state index contributed by atoms with van der Waals surface area (Å²) in [4.78, 5) is 25.9. The number of imidazole rings is 1. The lowest BCUT2D eigenvalue weighted by molar-refractivity contribution is -0.241. The number of nitriles is 1. The zero-order valence-electron chi connectivity index (χ0n) is 19.3. The van der Waals surface area contributed by atoms with Crippen LogP contribution >= 0.6 is 0 Å². The molecule has 3 fully saturated rings. The Bertz CT molecular complexity index is 1660. The third-order valence-corrected chi connectivity index (χ3v) is 8.43. The average Bonchev–Trinajstić information content (AvgIpc) is 3.53. The molecular formula is C21H15F6N7O4S. The van der Waals surface area contributed by atoms with Gasteiger partial charge in [-0.2, -0.15) is 41.6 Å². The van der Waals surface area contributed by atoms with Crippen molar-refractivity contribution in [2.75, 3.05) is 5.73 Å². The van der Waals surface area contributed by atoms with Gasteiger partial charge in [0.2, 0.25) is 17.6 Å². The number of halogens is 6. The summed E-state index contributed by atoms with van der Waals surface area (Å²) in [7, 11) is -4.95. The molecule has 0 spiro atoms. The van der Waals surface area contributed by atoms with Crippen molar-refractivity contribution in [2.45, 2.75) is 48.5 Å². The van der Waals surface area contributed by atoms with E-state index in [0.717, 1.165) is 22.7 Å². The van der Waals surface area contributed by atoms with Crippen molar-refractivity contribution in [1.82, 2.24) is 23.8 Å². The van der Waals surface area contributed by atoms with E-state index in [9.17, 15) is 44.8 Å². The summed E-state index contributed by atoms with van der Waals surface area (Å²) in [5.41, 5.74) is 3.02.